The summed E-state index contributed by atoms with van der Waals surface area (Å²) in [6.07, 6.45) is 0.565. The Bertz CT molecular complexity index is 1030. The Hall–Kier alpha value is -2.44. The van der Waals surface area contributed by atoms with Crippen LogP contribution in [0.15, 0.2) is 82.1 Å². The smallest absolute Gasteiger partial charge is 0.200 e. The number of benzene rings is 2. The third kappa shape index (κ3) is 3.06. The van der Waals surface area contributed by atoms with Crippen LogP contribution >= 0.6 is 11.3 Å². The van der Waals surface area contributed by atoms with Crippen LogP contribution in [0.3, 0.4) is 0 Å². The second kappa shape index (κ2) is 6.70. The standard InChI is InChI=1S/C20H18N2O2S2/c1-15-9-11-17(12-10-15)26(23,24)22-19(16-6-3-2-4-7-16)14-18(21-22)20-8-5-13-25-20/h2-13,19H,14H2,1H3/t19-/m1/s1. The summed E-state index contributed by atoms with van der Waals surface area (Å²) in [7, 11) is -3.73. The monoisotopic (exact) mass is 382 g/mol. The molecule has 0 saturated carbocycles. The maximum absolute atomic E-state index is 13.3. The Kier molecular flexibility index (Phi) is 4.38. The Labute approximate surface area is 157 Å². The molecular weight excluding hydrogens is 364 g/mol. The lowest BCUT2D eigenvalue weighted by Crippen LogP contribution is -2.27. The van der Waals surface area contributed by atoms with E-state index < -0.39 is 10.0 Å². The van der Waals surface area contributed by atoms with Gasteiger partial charge < -0.3 is 0 Å². The Morgan fingerprint density at radius 2 is 1.73 bits per heavy atom. The molecule has 1 aliphatic heterocycles. The molecule has 1 aliphatic rings. The second-order valence-electron chi connectivity index (χ2n) is 6.25. The summed E-state index contributed by atoms with van der Waals surface area (Å²) in [5.74, 6) is 0. The van der Waals surface area contributed by atoms with Crippen molar-refractivity contribution in [2.45, 2.75) is 24.3 Å². The van der Waals surface area contributed by atoms with E-state index >= 15 is 0 Å². The quantitative estimate of drug-likeness (QED) is 0.662. The Balaban J connectivity index is 1.79. The van der Waals surface area contributed by atoms with Crippen molar-refractivity contribution in [1.82, 2.24) is 4.41 Å². The first-order chi connectivity index (χ1) is 12.6. The van der Waals surface area contributed by atoms with Gasteiger partial charge in [-0.05, 0) is 36.1 Å². The van der Waals surface area contributed by atoms with Crippen molar-refractivity contribution in [3.05, 3.63) is 88.1 Å². The number of hydrazone groups is 1. The van der Waals surface area contributed by atoms with Gasteiger partial charge in [-0.1, -0.05) is 54.1 Å². The van der Waals surface area contributed by atoms with E-state index in [0.29, 0.717) is 6.42 Å². The largest absolute Gasteiger partial charge is 0.279 e. The SMILES string of the molecule is Cc1ccc(S(=O)(=O)N2N=C(c3cccs3)C[C@@H]2c2ccccc2)cc1. The number of hydrogen-bond acceptors (Lipinski definition) is 4. The zero-order valence-electron chi connectivity index (χ0n) is 14.2. The molecule has 0 unspecified atom stereocenters. The summed E-state index contributed by atoms with van der Waals surface area (Å²) in [4.78, 5) is 1.27. The molecule has 0 amide bonds. The second-order valence-corrected chi connectivity index (χ2v) is 8.99. The third-order valence-electron chi connectivity index (χ3n) is 4.43. The Morgan fingerprint density at radius 1 is 1.00 bits per heavy atom. The molecule has 0 aliphatic carbocycles. The number of hydrogen-bond donors (Lipinski definition) is 0. The number of sulfonamides is 1. The highest BCUT2D eigenvalue weighted by Crippen LogP contribution is 2.37. The number of aryl methyl sites for hydroxylation is 1. The molecule has 0 fully saturated rings. The van der Waals surface area contributed by atoms with Gasteiger partial charge in [0.05, 0.1) is 21.5 Å². The van der Waals surface area contributed by atoms with Gasteiger partial charge in [0.2, 0.25) is 0 Å². The van der Waals surface area contributed by atoms with Crippen molar-refractivity contribution in [3.8, 4) is 0 Å². The van der Waals surface area contributed by atoms with Crippen LogP contribution in [-0.2, 0) is 10.0 Å². The van der Waals surface area contributed by atoms with Crippen LogP contribution in [0.1, 0.15) is 28.5 Å². The maximum atomic E-state index is 13.3. The van der Waals surface area contributed by atoms with E-state index in [9.17, 15) is 8.42 Å². The molecule has 4 nitrogen and oxygen atoms in total. The molecule has 0 bridgehead atoms. The van der Waals surface area contributed by atoms with Crippen LogP contribution in [0.5, 0.6) is 0 Å². The van der Waals surface area contributed by atoms with Gasteiger partial charge in [-0.15, -0.1) is 11.3 Å². The van der Waals surface area contributed by atoms with Gasteiger partial charge in [0.1, 0.15) is 0 Å². The zero-order chi connectivity index (χ0) is 18.1. The number of nitrogens with zero attached hydrogens (tertiary/aromatic N) is 2. The number of thiophene rings is 1. The van der Waals surface area contributed by atoms with E-state index in [1.165, 1.54) is 4.41 Å². The average Bonchev–Trinajstić information content (AvgIpc) is 3.33. The zero-order valence-corrected chi connectivity index (χ0v) is 15.9. The molecule has 0 N–H and O–H groups in total. The molecular formula is C20H18N2O2S2. The fourth-order valence-electron chi connectivity index (χ4n) is 3.04. The van der Waals surface area contributed by atoms with Gasteiger partial charge >= 0.3 is 0 Å². The Morgan fingerprint density at radius 3 is 2.38 bits per heavy atom. The first-order valence-electron chi connectivity index (χ1n) is 8.33. The molecule has 4 rings (SSSR count). The summed E-state index contributed by atoms with van der Waals surface area (Å²) in [6.45, 7) is 1.94. The van der Waals surface area contributed by atoms with Crippen LogP contribution in [0.4, 0.5) is 0 Å². The molecule has 26 heavy (non-hydrogen) atoms. The molecule has 0 spiro atoms. The molecule has 0 radical (unpaired) electrons. The predicted octanol–water partition coefficient (Wildman–Crippen LogP) is 4.60. The molecule has 0 saturated heterocycles. The lowest BCUT2D eigenvalue weighted by atomic mass is 10.0. The minimum absolute atomic E-state index is 0.264. The predicted molar refractivity (Wildman–Crippen MR) is 105 cm³/mol. The van der Waals surface area contributed by atoms with Crippen LogP contribution in [0, 0.1) is 6.92 Å². The van der Waals surface area contributed by atoms with Gasteiger partial charge in [0.25, 0.3) is 10.0 Å². The van der Waals surface area contributed by atoms with E-state index in [1.807, 2.05) is 66.9 Å². The minimum atomic E-state index is -3.73. The van der Waals surface area contributed by atoms with Crippen LogP contribution in [-0.4, -0.2) is 18.5 Å². The van der Waals surface area contributed by atoms with Gasteiger partial charge in [-0.2, -0.15) is 17.9 Å². The maximum Gasteiger partial charge on any atom is 0.279 e. The van der Waals surface area contributed by atoms with Crippen molar-refractivity contribution >= 4 is 27.1 Å². The topological polar surface area (TPSA) is 49.7 Å². The van der Waals surface area contributed by atoms with Crippen molar-refractivity contribution in [2.24, 2.45) is 5.10 Å². The van der Waals surface area contributed by atoms with Crippen molar-refractivity contribution in [1.29, 1.82) is 0 Å². The fourth-order valence-corrected chi connectivity index (χ4v) is 5.20. The summed E-state index contributed by atoms with van der Waals surface area (Å²) in [5.41, 5.74) is 2.77. The van der Waals surface area contributed by atoms with Gasteiger partial charge in [-0.3, -0.25) is 0 Å². The lowest BCUT2D eigenvalue weighted by Gasteiger charge is -2.23. The van der Waals surface area contributed by atoms with Gasteiger partial charge in [-0.25, -0.2) is 0 Å². The normalized spacial score (nSPS) is 17.3. The number of rotatable bonds is 4. The first kappa shape index (κ1) is 17.0. The van der Waals surface area contributed by atoms with E-state index in [0.717, 1.165) is 21.7 Å². The van der Waals surface area contributed by atoms with E-state index in [2.05, 4.69) is 5.10 Å². The van der Waals surface area contributed by atoms with Crippen LogP contribution in [0.25, 0.3) is 0 Å². The molecule has 132 valence electrons. The van der Waals surface area contributed by atoms with Gasteiger partial charge in [0.15, 0.2) is 0 Å². The molecule has 2 heterocycles. The minimum Gasteiger partial charge on any atom is -0.200 e. The highest BCUT2D eigenvalue weighted by Gasteiger charge is 2.37. The summed E-state index contributed by atoms with van der Waals surface area (Å²) < 4.78 is 27.8. The van der Waals surface area contributed by atoms with Gasteiger partial charge in [0, 0.05) is 6.42 Å². The van der Waals surface area contributed by atoms with E-state index in [4.69, 9.17) is 0 Å². The van der Waals surface area contributed by atoms with Crippen molar-refractivity contribution in [3.63, 3.8) is 0 Å². The van der Waals surface area contributed by atoms with E-state index in [1.54, 1.807) is 23.5 Å². The highest BCUT2D eigenvalue weighted by atomic mass is 32.2. The summed E-state index contributed by atoms with van der Waals surface area (Å²) in [5, 5.41) is 6.51. The molecule has 6 heteroatoms. The molecule has 3 aromatic rings. The van der Waals surface area contributed by atoms with Crippen LogP contribution < -0.4 is 0 Å². The van der Waals surface area contributed by atoms with Crippen molar-refractivity contribution < 1.29 is 8.42 Å². The first-order valence-corrected chi connectivity index (χ1v) is 10.6. The van der Waals surface area contributed by atoms with Crippen molar-refractivity contribution in [2.75, 3.05) is 0 Å². The summed E-state index contributed by atoms with van der Waals surface area (Å²) >= 11 is 1.58. The lowest BCUT2D eigenvalue weighted by molar-refractivity contribution is 0.371. The van der Waals surface area contributed by atoms with Crippen LogP contribution in [0.2, 0.25) is 0 Å². The average molecular weight is 383 g/mol. The molecule has 1 atom stereocenters. The van der Waals surface area contributed by atoms with E-state index in [-0.39, 0.29) is 10.9 Å². The highest BCUT2D eigenvalue weighted by molar-refractivity contribution is 7.89. The fraction of sp³-hybridized carbons (Fsp3) is 0.150. The third-order valence-corrected chi connectivity index (χ3v) is 7.04. The summed E-state index contributed by atoms with van der Waals surface area (Å²) in [6, 6.07) is 20.2. The molecule has 2 aromatic carbocycles. The molecule has 1 aromatic heterocycles.